The Morgan fingerprint density at radius 1 is 1.28 bits per heavy atom. The normalized spacial score (nSPS) is 17.9. The van der Waals surface area contributed by atoms with Crippen LogP contribution in [0.3, 0.4) is 0 Å². The lowest BCUT2D eigenvalue weighted by Gasteiger charge is -2.32. The quantitative estimate of drug-likeness (QED) is 0.827. The Labute approximate surface area is 121 Å². The third-order valence-electron chi connectivity index (χ3n) is 3.29. The summed E-state index contributed by atoms with van der Waals surface area (Å²) >= 11 is 2.04. The highest BCUT2D eigenvalue weighted by Gasteiger charge is 2.13. The zero-order valence-electron chi connectivity index (χ0n) is 10.6. The van der Waals surface area contributed by atoms with Crippen LogP contribution in [0, 0.1) is 9.39 Å². The lowest BCUT2D eigenvalue weighted by atomic mass is 10.3. The van der Waals surface area contributed by atoms with E-state index in [2.05, 4.69) is 22.2 Å². The molecular weight excluding hydrogens is 344 g/mol. The molecule has 0 aliphatic carbocycles. The number of piperazine rings is 1. The summed E-state index contributed by atoms with van der Waals surface area (Å²) in [5, 5.41) is 3.31. The summed E-state index contributed by atoms with van der Waals surface area (Å²) < 4.78 is 14.0. The minimum atomic E-state index is -0.153. The van der Waals surface area contributed by atoms with Gasteiger partial charge >= 0.3 is 0 Å². The number of nitrogens with one attached hydrogen (secondary N) is 1. The maximum atomic E-state index is 13.3. The molecule has 0 radical (unpaired) electrons. The van der Waals surface area contributed by atoms with Crippen molar-refractivity contribution in [2.45, 2.75) is 0 Å². The monoisotopic (exact) mass is 363 g/mol. The Kier molecular flexibility index (Phi) is 5.20. The highest BCUT2D eigenvalue weighted by molar-refractivity contribution is 14.1. The highest BCUT2D eigenvalue weighted by Crippen LogP contribution is 2.20. The predicted molar refractivity (Wildman–Crippen MR) is 81.5 cm³/mol. The first-order valence-corrected chi connectivity index (χ1v) is 7.33. The van der Waals surface area contributed by atoms with Crippen LogP contribution >= 0.6 is 22.6 Å². The summed E-state index contributed by atoms with van der Waals surface area (Å²) in [5.74, 6) is -0.153. The van der Waals surface area contributed by atoms with E-state index in [4.69, 9.17) is 0 Å². The van der Waals surface area contributed by atoms with Gasteiger partial charge in [0.15, 0.2) is 0 Å². The van der Waals surface area contributed by atoms with Gasteiger partial charge in [0.05, 0.1) is 9.26 Å². The SMILES string of the molecule is CN1CCN(CCNc2cccc(F)c2I)CC1. The van der Waals surface area contributed by atoms with Crippen LogP contribution in [0.15, 0.2) is 18.2 Å². The highest BCUT2D eigenvalue weighted by atomic mass is 127. The molecule has 5 heteroatoms. The first-order valence-electron chi connectivity index (χ1n) is 6.25. The van der Waals surface area contributed by atoms with E-state index in [1.165, 1.54) is 6.07 Å². The number of halogens is 2. The van der Waals surface area contributed by atoms with Crippen molar-refractivity contribution >= 4 is 28.3 Å². The van der Waals surface area contributed by atoms with Crippen molar-refractivity contribution in [3.8, 4) is 0 Å². The van der Waals surface area contributed by atoms with E-state index in [-0.39, 0.29) is 5.82 Å². The molecular formula is C13H19FIN3. The molecule has 1 aliphatic rings. The fourth-order valence-corrected chi connectivity index (χ4v) is 2.61. The van der Waals surface area contributed by atoms with Gasteiger partial charge in [0.2, 0.25) is 0 Å². The van der Waals surface area contributed by atoms with Crippen molar-refractivity contribution < 1.29 is 4.39 Å². The number of benzene rings is 1. The van der Waals surface area contributed by atoms with Gasteiger partial charge in [0.1, 0.15) is 5.82 Å². The Bertz CT molecular complexity index is 392. The van der Waals surface area contributed by atoms with E-state index >= 15 is 0 Å². The topological polar surface area (TPSA) is 18.5 Å². The van der Waals surface area contributed by atoms with Crippen LogP contribution in [0.1, 0.15) is 0 Å². The summed E-state index contributed by atoms with van der Waals surface area (Å²) in [5.41, 5.74) is 0.893. The number of nitrogens with zero attached hydrogens (tertiary/aromatic N) is 2. The van der Waals surface area contributed by atoms with Gasteiger partial charge in [-0.3, -0.25) is 4.90 Å². The van der Waals surface area contributed by atoms with Gasteiger partial charge < -0.3 is 10.2 Å². The van der Waals surface area contributed by atoms with Gasteiger partial charge in [0, 0.05) is 39.3 Å². The van der Waals surface area contributed by atoms with Gasteiger partial charge in [-0.05, 0) is 41.8 Å². The van der Waals surface area contributed by atoms with E-state index in [1.807, 2.05) is 28.7 Å². The molecule has 1 N–H and O–H groups in total. The fraction of sp³-hybridized carbons (Fsp3) is 0.538. The summed E-state index contributed by atoms with van der Waals surface area (Å²) in [4.78, 5) is 4.79. The minimum Gasteiger partial charge on any atom is -0.383 e. The maximum absolute atomic E-state index is 13.3. The predicted octanol–water partition coefficient (Wildman–Crippen LogP) is 2.09. The van der Waals surface area contributed by atoms with Crippen molar-refractivity contribution in [1.29, 1.82) is 0 Å². The van der Waals surface area contributed by atoms with Crippen LogP contribution in [-0.2, 0) is 0 Å². The van der Waals surface area contributed by atoms with Gasteiger partial charge in [-0.1, -0.05) is 6.07 Å². The molecule has 0 amide bonds. The zero-order valence-corrected chi connectivity index (χ0v) is 12.8. The molecule has 1 aliphatic heterocycles. The second-order valence-electron chi connectivity index (χ2n) is 4.67. The molecule has 1 aromatic carbocycles. The Hall–Kier alpha value is -0.400. The van der Waals surface area contributed by atoms with E-state index in [1.54, 1.807) is 6.07 Å². The molecule has 3 nitrogen and oxygen atoms in total. The van der Waals surface area contributed by atoms with E-state index in [9.17, 15) is 4.39 Å². The molecule has 1 aromatic rings. The second-order valence-corrected chi connectivity index (χ2v) is 5.75. The van der Waals surface area contributed by atoms with Gasteiger partial charge in [-0.25, -0.2) is 4.39 Å². The molecule has 1 saturated heterocycles. The number of anilines is 1. The molecule has 0 bridgehead atoms. The summed E-state index contributed by atoms with van der Waals surface area (Å²) in [7, 11) is 2.16. The summed E-state index contributed by atoms with van der Waals surface area (Å²) in [6, 6.07) is 5.16. The Morgan fingerprint density at radius 2 is 2.00 bits per heavy atom. The molecule has 0 spiro atoms. The van der Waals surface area contributed by atoms with Crippen LogP contribution < -0.4 is 5.32 Å². The third-order valence-corrected chi connectivity index (χ3v) is 4.39. The first kappa shape index (κ1) is 14.0. The van der Waals surface area contributed by atoms with Crippen molar-refractivity contribution in [1.82, 2.24) is 9.80 Å². The second kappa shape index (κ2) is 6.68. The Balaban J connectivity index is 1.77. The number of rotatable bonds is 4. The lowest BCUT2D eigenvalue weighted by Crippen LogP contribution is -2.45. The van der Waals surface area contributed by atoms with Crippen LogP contribution in [0.25, 0.3) is 0 Å². The van der Waals surface area contributed by atoms with Gasteiger partial charge in [-0.15, -0.1) is 0 Å². The van der Waals surface area contributed by atoms with Crippen molar-refractivity contribution in [3.63, 3.8) is 0 Å². The van der Waals surface area contributed by atoms with Crippen LogP contribution in [0.4, 0.5) is 10.1 Å². The maximum Gasteiger partial charge on any atom is 0.138 e. The summed E-state index contributed by atoms with van der Waals surface area (Å²) in [6.45, 7) is 6.40. The standard InChI is InChI=1S/C13H19FIN3/c1-17-7-9-18(10-8-17)6-5-16-12-4-2-3-11(14)13(12)15/h2-4,16H,5-10H2,1H3. The molecule has 100 valence electrons. The lowest BCUT2D eigenvalue weighted by molar-refractivity contribution is 0.158. The van der Waals surface area contributed by atoms with E-state index < -0.39 is 0 Å². The third kappa shape index (κ3) is 3.80. The van der Waals surface area contributed by atoms with Crippen LogP contribution in [-0.4, -0.2) is 56.1 Å². The van der Waals surface area contributed by atoms with Crippen LogP contribution in [0.2, 0.25) is 0 Å². The fourth-order valence-electron chi connectivity index (χ4n) is 2.06. The van der Waals surface area contributed by atoms with Crippen LogP contribution in [0.5, 0.6) is 0 Å². The molecule has 0 aromatic heterocycles. The molecule has 1 heterocycles. The number of hydrogen-bond donors (Lipinski definition) is 1. The van der Waals surface area contributed by atoms with Gasteiger partial charge in [0.25, 0.3) is 0 Å². The molecule has 1 fully saturated rings. The smallest absolute Gasteiger partial charge is 0.138 e. The minimum absolute atomic E-state index is 0.153. The number of hydrogen-bond acceptors (Lipinski definition) is 3. The largest absolute Gasteiger partial charge is 0.383 e. The van der Waals surface area contributed by atoms with E-state index in [0.29, 0.717) is 3.57 Å². The number of likely N-dealkylation sites (N-methyl/N-ethyl adjacent to an activating group) is 1. The Morgan fingerprint density at radius 3 is 2.72 bits per heavy atom. The van der Waals surface area contributed by atoms with Crippen molar-refractivity contribution in [2.75, 3.05) is 51.6 Å². The van der Waals surface area contributed by atoms with E-state index in [0.717, 1.165) is 45.0 Å². The average Bonchev–Trinajstić information content (AvgIpc) is 2.37. The first-order chi connectivity index (χ1) is 8.66. The molecule has 0 unspecified atom stereocenters. The summed E-state index contributed by atoms with van der Waals surface area (Å²) in [6.07, 6.45) is 0. The van der Waals surface area contributed by atoms with Crippen molar-refractivity contribution in [3.05, 3.63) is 27.6 Å². The molecule has 0 atom stereocenters. The molecule has 18 heavy (non-hydrogen) atoms. The van der Waals surface area contributed by atoms with Gasteiger partial charge in [-0.2, -0.15) is 0 Å². The molecule has 2 rings (SSSR count). The van der Waals surface area contributed by atoms with Crippen molar-refractivity contribution in [2.24, 2.45) is 0 Å². The molecule has 0 saturated carbocycles. The zero-order chi connectivity index (χ0) is 13.0. The average molecular weight is 363 g/mol.